The highest BCUT2D eigenvalue weighted by Gasteiger charge is 2.41. The van der Waals surface area contributed by atoms with Crippen molar-refractivity contribution in [3.05, 3.63) is 39.9 Å². The van der Waals surface area contributed by atoms with E-state index in [1.165, 1.54) is 52.0 Å². The van der Waals surface area contributed by atoms with Gasteiger partial charge in [0.15, 0.2) is 0 Å². The molecule has 0 aromatic heterocycles. The summed E-state index contributed by atoms with van der Waals surface area (Å²) in [5, 5.41) is 10.8. The third-order valence-corrected chi connectivity index (χ3v) is 3.96. The number of rotatable bonds is 8. The first-order valence-corrected chi connectivity index (χ1v) is 7.34. The van der Waals surface area contributed by atoms with Gasteiger partial charge in [0.25, 0.3) is 5.69 Å². The summed E-state index contributed by atoms with van der Waals surface area (Å²) in [5.41, 5.74) is 0.202. The molecule has 7 heteroatoms. The van der Waals surface area contributed by atoms with Crippen molar-refractivity contribution in [2.75, 3.05) is 0 Å². The first kappa shape index (κ1) is 19.3. The summed E-state index contributed by atoms with van der Waals surface area (Å²) in [5.74, 6) is -5.14. The zero-order valence-electron chi connectivity index (χ0n) is 13.9. The van der Waals surface area contributed by atoms with Gasteiger partial charge in [0.1, 0.15) is 23.1 Å². The molecule has 1 aromatic carbocycles. The molecule has 0 aliphatic carbocycles. The third-order valence-electron chi connectivity index (χ3n) is 3.96. The Balaban J connectivity index is 3.54. The molecule has 0 bridgehead atoms. The van der Waals surface area contributed by atoms with Gasteiger partial charge in [-0.1, -0.05) is 12.1 Å². The van der Waals surface area contributed by atoms with Crippen LogP contribution < -0.4 is 0 Å². The maximum Gasteiger partial charge on any atom is 0.269 e. The third kappa shape index (κ3) is 4.18. The van der Waals surface area contributed by atoms with Crippen molar-refractivity contribution in [1.82, 2.24) is 0 Å². The molecule has 0 spiro atoms. The molecule has 0 heterocycles. The van der Waals surface area contributed by atoms with Crippen molar-refractivity contribution in [2.45, 2.75) is 33.6 Å². The number of nitro benzene ring substituents is 1. The topological polar surface area (TPSA) is 111 Å². The molecule has 24 heavy (non-hydrogen) atoms. The van der Waals surface area contributed by atoms with E-state index < -0.39 is 45.8 Å². The summed E-state index contributed by atoms with van der Waals surface area (Å²) < 4.78 is 0. The number of hydrogen-bond acceptors (Lipinski definition) is 6. The van der Waals surface area contributed by atoms with E-state index in [1.54, 1.807) is 0 Å². The summed E-state index contributed by atoms with van der Waals surface area (Å²) >= 11 is 0. The SMILES string of the molecule is CC(=O)C(C(C)=O)C(c1ccc([N+](=O)[O-])cc1)C(C(C)=O)C(C)=O. The van der Waals surface area contributed by atoms with Crippen molar-refractivity contribution in [3.63, 3.8) is 0 Å². The lowest BCUT2D eigenvalue weighted by Gasteiger charge is -2.28. The number of benzene rings is 1. The Bertz CT molecular complexity index is 632. The summed E-state index contributed by atoms with van der Waals surface area (Å²) in [6, 6.07) is 5.19. The number of nitrogens with zero attached hydrogens (tertiary/aromatic N) is 1. The van der Waals surface area contributed by atoms with Crippen LogP contribution in [0.2, 0.25) is 0 Å². The van der Waals surface area contributed by atoms with Gasteiger partial charge in [0.2, 0.25) is 0 Å². The lowest BCUT2D eigenvalue weighted by Crippen LogP contribution is -2.37. The minimum Gasteiger partial charge on any atom is -0.299 e. The van der Waals surface area contributed by atoms with Gasteiger partial charge in [-0.25, -0.2) is 0 Å². The summed E-state index contributed by atoms with van der Waals surface area (Å²) in [4.78, 5) is 58.1. The Labute approximate surface area is 139 Å². The van der Waals surface area contributed by atoms with E-state index in [2.05, 4.69) is 0 Å². The van der Waals surface area contributed by atoms with E-state index in [9.17, 15) is 29.3 Å². The number of hydrogen-bond donors (Lipinski definition) is 0. The maximum absolute atomic E-state index is 12.0. The zero-order valence-corrected chi connectivity index (χ0v) is 13.9. The van der Waals surface area contributed by atoms with Gasteiger partial charge >= 0.3 is 0 Å². The summed E-state index contributed by atoms with van der Waals surface area (Å²) in [6.45, 7) is 4.90. The molecule has 0 unspecified atom stereocenters. The van der Waals surface area contributed by atoms with Gasteiger partial charge in [-0.05, 0) is 33.3 Å². The van der Waals surface area contributed by atoms with Crippen molar-refractivity contribution in [2.24, 2.45) is 11.8 Å². The fraction of sp³-hybridized carbons (Fsp3) is 0.412. The van der Waals surface area contributed by atoms with E-state index in [0.717, 1.165) is 0 Å². The number of carbonyl (C=O) groups excluding carboxylic acids is 4. The van der Waals surface area contributed by atoms with Crippen LogP contribution in [-0.2, 0) is 19.2 Å². The summed E-state index contributed by atoms with van der Waals surface area (Å²) in [7, 11) is 0. The number of carbonyl (C=O) groups is 4. The van der Waals surface area contributed by atoms with E-state index in [4.69, 9.17) is 0 Å². The lowest BCUT2D eigenvalue weighted by molar-refractivity contribution is -0.384. The lowest BCUT2D eigenvalue weighted by atomic mass is 9.71. The van der Waals surface area contributed by atoms with E-state index >= 15 is 0 Å². The molecular formula is C17H19NO6. The van der Waals surface area contributed by atoms with E-state index in [-0.39, 0.29) is 5.69 Å². The minimum absolute atomic E-state index is 0.165. The van der Waals surface area contributed by atoms with Crippen molar-refractivity contribution >= 4 is 28.8 Å². The second kappa shape index (κ2) is 7.72. The van der Waals surface area contributed by atoms with Crippen LogP contribution in [0.3, 0.4) is 0 Å². The van der Waals surface area contributed by atoms with Gasteiger partial charge in [-0.2, -0.15) is 0 Å². The van der Waals surface area contributed by atoms with Crippen LogP contribution in [0.25, 0.3) is 0 Å². The Morgan fingerprint density at radius 1 is 0.792 bits per heavy atom. The smallest absolute Gasteiger partial charge is 0.269 e. The number of non-ortho nitro benzene ring substituents is 1. The molecule has 128 valence electrons. The highest BCUT2D eigenvalue weighted by molar-refractivity contribution is 6.06. The van der Waals surface area contributed by atoms with Crippen LogP contribution in [-0.4, -0.2) is 28.1 Å². The Hall–Kier alpha value is -2.70. The van der Waals surface area contributed by atoms with E-state index in [0.29, 0.717) is 5.56 Å². The predicted octanol–water partition coefficient (Wildman–Crippen LogP) is 2.27. The van der Waals surface area contributed by atoms with Gasteiger partial charge in [-0.15, -0.1) is 0 Å². The molecule has 0 saturated carbocycles. The average molecular weight is 333 g/mol. The second-order valence-corrected chi connectivity index (χ2v) is 5.77. The maximum atomic E-state index is 12.0. The molecule has 0 N–H and O–H groups in total. The van der Waals surface area contributed by atoms with E-state index in [1.807, 2.05) is 0 Å². The minimum atomic E-state index is -1.16. The fourth-order valence-electron chi connectivity index (χ4n) is 2.98. The van der Waals surface area contributed by atoms with Gasteiger partial charge in [-0.3, -0.25) is 29.3 Å². The first-order chi connectivity index (χ1) is 11.1. The van der Waals surface area contributed by atoms with Crippen LogP contribution in [0.1, 0.15) is 39.2 Å². The standard InChI is InChI=1S/C17H19NO6/c1-9(19)15(10(2)20)17(16(11(3)21)12(4)22)13-5-7-14(8-6-13)18(23)24/h5-8,15-17H,1-4H3. The van der Waals surface area contributed by atoms with Crippen molar-refractivity contribution in [1.29, 1.82) is 0 Å². The van der Waals surface area contributed by atoms with Crippen LogP contribution in [0.4, 0.5) is 5.69 Å². The summed E-state index contributed by atoms with van der Waals surface area (Å²) in [6.07, 6.45) is 0. The molecule has 0 aliphatic heterocycles. The normalized spacial score (nSPS) is 11.0. The zero-order chi connectivity index (χ0) is 18.6. The second-order valence-electron chi connectivity index (χ2n) is 5.77. The molecular weight excluding hydrogens is 314 g/mol. The largest absolute Gasteiger partial charge is 0.299 e. The highest BCUT2D eigenvalue weighted by Crippen LogP contribution is 2.36. The van der Waals surface area contributed by atoms with Crippen LogP contribution >= 0.6 is 0 Å². The fourth-order valence-corrected chi connectivity index (χ4v) is 2.98. The Morgan fingerprint density at radius 3 is 1.38 bits per heavy atom. The van der Waals surface area contributed by atoms with Crippen LogP contribution in [0.5, 0.6) is 0 Å². The molecule has 1 rings (SSSR count). The van der Waals surface area contributed by atoms with Gasteiger partial charge in [0.05, 0.1) is 16.8 Å². The molecule has 0 saturated heterocycles. The Morgan fingerprint density at radius 2 is 1.12 bits per heavy atom. The molecule has 0 amide bonds. The molecule has 0 fully saturated rings. The Kier molecular flexibility index (Phi) is 6.22. The monoisotopic (exact) mass is 333 g/mol. The average Bonchev–Trinajstić information content (AvgIpc) is 2.45. The van der Waals surface area contributed by atoms with Crippen molar-refractivity contribution < 1.29 is 24.1 Å². The van der Waals surface area contributed by atoms with Gasteiger partial charge < -0.3 is 0 Å². The van der Waals surface area contributed by atoms with Gasteiger partial charge in [0, 0.05) is 18.1 Å². The first-order valence-electron chi connectivity index (χ1n) is 7.34. The highest BCUT2D eigenvalue weighted by atomic mass is 16.6. The van der Waals surface area contributed by atoms with Crippen LogP contribution in [0.15, 0.2) is 24.3 Å². The van der Waals surface area contributed by atoms with Crippen LogP contribution in [0, 0.1) is 22.0 Å². The molecule has 0 atom stereocenters. The molecule has 7 nitrogen and oxygen atoms in total. The predicted molar refractivity (Wildman–Crippen MR) is 85.5 cm³/mol. The molecule has 0 aliphatic rings. The van der Waals surface area contributed by atoms with Crippen molar-refractivity contribution in [3.8, 4) is 0 Å². The quantitative estimate of drug-likeness (QED) is 0.410. The number of Topliss-reactive ketones (excluding diaryl/α,β-unsaturated/α-hetero) is 4. The number of nitro groups is 1. The number of ketones is 4. The molecule has 0 radical (unpaired) electrons. The molecule has 1 aromatic rings.